The van der Waals surface area contributed by atoms with Gasteiger partial charge in [0, 0.05) is 5.92 Å². The largest absolute Gasteiger partial charge is 0.393 e. The lowest BCUT2D eigenvalue weighted by molar-refractivity contribution is 0.0247. The zero-order chi connectivity index (χ0) is 8.59. The molecule has 0 aliphatic heterocycles. The van der Waals surface area contributed by atoms with E-state index in [0.717, 1.165) is 6.42 Å². The fourth-order valence-corrected chi connectivity index (χ4v) is 1.99. The van der Waals surface area contributed by atoms with Crippen molar-refractivity contribution in [2.45, 2.75) is 39.4 Å². The van der Waals surface area contributed by atoms with Crippen LogP contribution in [0.2, 0.25) is 0 Å². The predicted octanol–water partition coefficient (Wildman–Crippen LogP) is 1.02. The standard InChI is InChI=1S/C9H18O2/c1-5-4-8(7(3)10)9(11)6(5)2/h5-11H,4H2,1-3H3. The van der Waals surface area contributed by atoms with Gasteiger partial charge in [-0.25, -0.2) is 0 Å². The smallest absolute Gasteiger partial charge is 0.0621 e. The molecule has 0 saturated heterocycles. The zero-order valence-corrected chi connectivity index (χ0v) is 7.49. The molecule has 5 unspecified atom stereocenters. The number of hydrogen-bond acceptors (Lipinski definition) is 2. The van der Waals surface area contributed by atoms with E-state index in [-0.39, 0.29) is 18.1 Å². The van der Waals surface area contributed by atoms with Gasteiger partial charge in [0.1, 0.15) is 0 Å². The summed E-state index contributed by atoms with van der Waals surface area (Å²) in [6, 6.07) is 0. The molecule has 1 rings (SSSR count). The fraction of sp³-hybridized carbons (Fsp3) is 1.00. The maximum atomic E-state index is 9.64. The first kappa shape index (κ1) is 9.01. The first-order valence-electron chi connectivity index (χ1n) is 4.40. The summed E-state index contributed by atoms with van der Waals surface area (Å²) in [6.07, 6.45) is 0.294. The number of aliphatic hydroxyl groups is 2. The van der Waals surface area contributed by atoms with E-state index >= 15 is 0 Å². The lowest BCUT2D eigenvalue weighted by Gasteiger charge is -2.19. The van der Waals surface area contributed by atoms with Gasteiger partial charge in [0.25, 0.3) is 0 Å². The molecule has 2 nitrogen and oxygen atoms in total. The van der Waals surface area contributed by atoms with Crippen molar-refractivity contribution in [2.75, 3.05) is 0 Å². The third kappa shape index (κ3) is 1.57. The monoisotopic (exact) mass is 158 g/mol. The van der Waals surface area contributed by atoms with Crippen molar-refractivity contribution in [3.63, 3.8) is 0 Å². The SMILES string of the molecule is CC(O)C1CC(C)C(C)C1O. The predicted molar refractivity (Wildman–Crippen MR) is 44.1 cm³/mol. The molecule has 2 N–H and O–H groups in total. The van der Waals surface area contributed by atoms with E-state index in [1.165, 1.54) is 0 Å². The van der Waals surface area contributed by atoms with E-state index in [1.807, 2.05) is 0 Å². The highest BCUT2D eigenvalue weighted by atomic mass is 16.3. The molecule has 0 aromatic rings. The molecule has 0 amide bonds. The number of hydrogen-bond donors (Lipinski definition) is 2. The molecule has 0 bridgehead atoms. The van der Waals surface area contributed by atoms with Crippen LogP contribution in [-0.4, -0.2) is 22.4 Å². The van der Waals surface area contributed by atoms with E-state index in [4.69, 9.17) is 0 Å². The average Bonchev–Trinajstić information content (AvgIpc) is 2.17. The zero-order valence-electron chi connectivity index (χ0n) is 7.49. The lowest BCUT2D eigenvalue weighted by Crippen LogP contribution is -2.27. The molecule has 5 atom stereocenters. The molecular formula is C9H18O2. The van der Waals surface area contributed by atoms with Gasteiger partial charge in [0.2, 0.25) is 0 Å². The molecule has 66 valence electrons. The fourth-order valence-electron chi connectivity index (χ4n) is 1.99. The quantitative estimate of drug-likeness (QED) is 0.598. The van der Waals surface area contributed by atoms with Crippen LogP contribution in [0.4, 0.5) is 0 Å². The first-order chi connectivity index (χ1) is 5.04. The van der Waals surface area contributed by atoms with Gasteiger partial charge in [-0.3, -0.25) is 0 Å². The molecular weight excluding hydrogens is 140 g/mol. The Morgan fingerprint density at radius 3 is 2.09 bits per heavy atom. The van der Waals surface area contributed by atoms with Crippen molar-refractivity contribution in [1.29, 1.82) is 0 Å². The highest BCUT2D eigenvalue weighted by molar-refractivity contribution is 4.88. The second-order valence-electron chi connectivity index (χ2n) is 3.97. The van der Waals surface area contributed by atoms with Crippen molar-refractivity contribution >= 4 is 0 Å². The minimum absolute atomic E-state index is 0.0972. The van der Waals surface area contributed by atoms with Gasteiger partial charge in [0.15, 0.2) is 0 Å². The third-order valence-electron chi connectivity index (χ3n) is 3.14. The molecule has 11 heavy (non-hydrogen) atoms. The minimum Gasteiger partial charge on any atom is -0.393 e. The second kappa shape index (κ2) is 3.11. The van der Waals surface area contributed by atoms with Crippen molar-refractivity contribution in [3.05, 3.63) is 0 Å². The van der Waals surface area contributed by atoms with Crippen LogP contribution < -0.4 is 0 Å². The third-order valence-corrected chi connectivity index (χ3v) is 3.14. The molecule has 1 aliphatic rings. The number of aliphatic hydroxyl groups excluding tert-OH is 2. The maximum absolute atomic E-state index is 9.64. The summed E-state index contributed by atoms with van der Waals surface area (Å²) in [7, 11) is 0. The van der Waals surface area contributed by atoms with Gasteiger partial charge in [-0.15, -0.1) is 0 Å². The molecule has 0 heterocycles. The van der Waals surface area contributed by atoms with Crippen molar-refractivity contribution in [3.8, 4) is 0 Å². The summed E-state index contributed by atoms with van der Waals surface area (Å²) < 4.78 is 0. The van der Waals surface area contributed by atoms with E-state index in [0.29, 0.717) is 11.8 Å². The van der Waals surface area contributed by atoms with E-state index in [1.54, 1.807) is 6.92 Å². The summed E-state index contributed by atoms with van der Waals surface area (Å²) >= 11 is 0. The van der Waals surface area contributed by atoms with Crippen molar-refractivity contribution in [2.24, 2.45) is 17.8 Å². The topological polar surface area (TPSA) is 40.5 Å². The van der Waals surface area contributed by atoms with Gasteiger partial charge in [-0.05, 0) is 25.2 Å². The van der Waals surface area contributed by atoms with Crippen LogP contribution in [0, 0.1) is 17.8 Å². The van der Waals surface area contributed by atoms with Gasteiger partial charge >= 0.3 is 0 Å². The molecule has 2 heteroatoms. The Balaban J connectivity index is 2.59. The van der Waals surface area contributed by atoms with Crippen LogP contribution in [0.25, 0.3) is 0 Å². The Morgan fingerprint density at radius 2 is 1.91 bits per heavy atom. The average molecular weight is 158 g/mol. The Labute approximate surface area is 68.2 Å². The van der Waals surface area contributed by atoms with Crippen LogP contribution in [-0.2, 0) is 0 Å². The van der Waals surface area contributed by atoms with Crippen LogP contribution in [0.1, 0.15) is 27.2 Å². The normalized spacial score (nSPS) is 47.7. The summed E-state index contributed by atoms with van der Waals surface area (Å²) in [5, 5.41) is 18.9. The van der Waals surface area contributed by atoms with Crippen LogP contribution in [0.15, 0.2) is 0 Å². The Bertz CT molecular complexity index is 134. The summed E-state index contributed by atoms with van der Waals surface area (Å²) in [5.41, 5.74) is 0. The van der Waals surface area contributed by atoms with E-state index in [9.17, 15) is 10.2 Å². The highest BCUT2D eigenvalue weighted by Gasteiger charge is 2.39. The molecule has 1 fully saturated rings. The molecule has 1 saturated carbocycles. The first-order valence-corrected chi connectivity index (χ1v) is 4.40. The van der Waals surface area contributed by atoms with Crippen molar-refractivity contribution in [1.82, 2.24) is 0 Å². The molecule has 0 aromatic heterocycles. The van der Waals surface area contributed by atoms with Crippen LogP contribution in [0.5, 0.6) is 0 Å². The Kier molecular flexibility index (Phi) is 2.55. The van der Waals surface area contributed by atoms with Crippen LogP contribution >= 0.6 is 0 Å². The summed E-state index contributed by atoms with van der Waals surface area (Å²) in [6.45, 7) is 5.95. The Hall–Kier alpha value is -0.0800. The van der Waals surface area contributed by atoms with E-state index in [2.05, 4.69) is 13.8 Å². The molecule has 0 aromatic carbocycles. The molecule has 1 aliphatic carbocycles. The van der Waals surface area contributed by atoms with Gasteiger partial charge in [-0.1, -0.05) is 13.8 Å². The molecule has 0 radical (unpaired) electrons. The van der Waals surface area contributed by atoms with Gasteiger partial charge in [-0.2, -0.15) is 0 Å². The minimum atomic E-state index is -0.364. The van der Waals surface area contributed by atoms with Crippen molar-refractivity contribution < 1.29 is 10.2 Å². The van der Waals surface area contributed by atoms with Gasteiger partial charge in [0.05, 0.1) is 12.2 Å². The summed E-state index contributed by atoms with van der Waals surface area (Å²) in [5.74, 6) is 0.985. The van der Waals surface area contributed by atoms with Gasteiger partial charge < -0.3 is 10.2 Å². The lowest BCUT2D eigenvalue weighted by atomic mass is 9.97. The highest BCUT2D eigenvalue weighted by Crippen LogP contribution is 2.37. The maximum Gasteiger partial charge on any atom is 0.0621 e. The van der Waals surface area contributed by atoms with Crippen LogP contribution in [0.3, 0.4) is 0 Å². The van der Waals surface area contributed by atoms with E-state index < -0.39 is 0 Å². The Morgan fingerprint density at radius 1 is 1.36 bits per heavy atom. The molecule has 0 spiro atoms. The number of rotatable bonds is 1. The second-order valence-corrected chi connectivity index (χ2v) is 3.97. The summed E-state index contributed by atoms with van der Waals surface area (Å²) in [4.78, 5) is 0.